The normalized spacial score (nSPS) is 32.5. The third-order valence-corrected chi connectivity index (χ3v) is 5.39. The summed E-state index contributed by atoms with van der Waals surface area (Å²) in [6, 6.07) is 0. The van der Waals surface area contributed by atoms with Gasteiger partial charge in [-0.05, 0) is 45.1 Å². The lowest BCUT2D eigenvalue weighted by molar-refractivity contribution is -0.146. The molecule has 4 heteroatoms. The minimum atomic E-state index is -0.569. The number of rotatable bonds is 3. The van der Waals surface area contributed by atoms with Crippen molar-refractivity contribution in [3.05, 3.63) is 11.1 Å². The smallest absolute Gasteiger partial charge is 0.166 e. The van der Waals surface area contributed by atoms with Gasteiger partial charge in [0.15, 0.2) is 11.6 Å². The maximum atomic E-state index is 12.4. The Morgan fingerprint density at radius 3 is 2.48 bits per heavy atom. The van der Waals surface area contributed by atoms with Crippen molar-refractivity contribution in [3.8, 4) is 0 Å². The molecule has 1 aliphatic heterocycles. The lowest BCUT2D eigenvalue weighted by Gasteiger charge is -2.40. The standard InChI is InChI=1S/C17H24O4/c1-16-8-7-14(18)12(13(16)4-3-5-15(16)19)6-9-17(2)20-10-11-21-17/h3-11H2,1-2H3/t16-/m0/s1. The molecule has 1 heterocycles. The number of ketones is 2. The molecule has 0 amide bonds. The summed E-state index contributed by atoms with van der Waals surface area (Å²) in [5.74, 6) is -0.0347. The highest BCUT2D eigenvalue weighted by Crippen LogP contribution is 2.47. The molecule has 116 valence electrons. The van der Waals surface area contributed by atoms with Gasteiger partial charge >= 0.3 is 0 Å². The molecule has 1 saturated heterocycles. The Hall–Kier alpha value is -1.00. The van der Waals surface area contributed by atoms with Crippen LogP contribution >= 0.6 is 0 Å². The number of ether oxygens (including phenoxy) is 2. The van der Waals surface area contributed by atoms with Crippen molar-refractivity contribution in [1.29, 1.82) is 0 Å². The summed E-state index contributed by atoms with van der Waals surface area (Å²) in [5, 5.41) is 0. The van der Waals surface area contributed by atoms with Crippen molar-refractivity contribution >= 4 is 11.6 Å². The molecule has 4 nitrogen and oxygen atoms in total. The van der Waals surface area contributed by atoms with Gasteiger partial charge in [0.1, 0.15) is 5.78 Å². The second-order valence-electron chi connectivity index (χ2n) is 6.82. The lowest BCUT2D eigenvalue weighted by Crippen LogP contribution is -2.39. The minimum Gasteiger partial charge on any atom is -0.348 e. The lowest BCUT2D eigenvalue weighted by atomic mass is 9.62. The summed E-state index contributed by atoms with van der Waals surface area (Å²) >= 11 is 0. The van der Waals surface area contributed by atoms with Crippen LogP contribution in [0.15, 0.2) is 11.1 Å². The molecule has 21 heavy (non-hydrogen) atoms. The molecule has 2 fully saturated rings. The quantitative estimate of drug-likeness (QED) is 0.802. The first-order chi connectivity index (χ1) is 9.95. The topological polar surface area (TPSA) is 52.6 Å². The van der Waals surface area contributed by atoms with Crippen molar-refractivity contribution in [1.82, 2.24) is 0 Å². The van der Waals surface area contributed by atoms with Crippen LogP contribution in [-0.4, -0.2) is 30.6 Å². The molecule has 3 aliphatic rings. The third-order valence-electron chi connectivity index (χ3n) is 5.39. The van der Waals surface area contributed by atoms with E-state index in [-0.39, 0.29) is 11.2 Å². The van der Waals surface area contributed by atoms with Gasteiger partial charge in [0.05, 0.1) is 13.2 Å². The van der Waals surface area contributed by atoms with Gasteiger partial charge in [0.2, 0.25) is 0 Å². The highest BCUT2D eigenvalue weighted by atomic mass is 16.7. The molecule has 0 spiro atoms. The van der Waals surface area contributed by atoms with Gasteiger partial charge in [-0.15, -0.1) is 0 Å². The molecule has 3 rings (SSSR count). The van der Waals surface area contributed by atoms with Crippen molar-refractivity contribution in [2.24, 2.45) is 5.41 Å². The van der Waals surface area contributed by atoms with Gasteiger partial charge in [-0.25, -0.2) is 0 Å². The molecule has 2 aliphatic carbocycles. The van der Waals surface area contributed by atoms with E-state index in [1.807, 2.05) is 13.8 Å². The van der Waals surface area contributed by atoms with Gasteiger partial charge in [0.25, 0.3) is 0 Å². The van der Waals surface area contributed by atoms with Crippen LogP contribution < -0.4 is 0 Å². The molecule has 0 aromatic carbocycles. The number of carbonyl (C=O) groups excluding carboxylic acids is 2. The SMILES string of the molecule is CC1(CCC2=C3CCCC(=O)[C@@]3(C)CCC2=O)OCCO1. The molecule has 0 N–H and O–H groups in total. The zero-order valence-corrected chi connectivity index (χ0v) is 13.0. The first-order valence-corrected chi connectivity index (χ1v) is 8.02. The molecule has 0 unspecified atom stereocenters. The fourth-order valence-corrected chi connectivity index (χ4v) is 3.95. The van der Waals surface area contributed by atoms with Crippen LogP contribution in [0.2, 0.25) is 0 Å². The number of fused-ring (bicyclic) bond motifs is 1. The summed E-state index contributed by atoms with van der Waals surface area (Å²) in [5.41, 5.74) is 1.61. The highest BCUT2D eigenvalue weighted by Gasteiger charge is 2.44. The van der Waals surface area contributed by atoms with E-state index in [2.05, 4.69) is 0 Å². The number of Topliss-reactive ketones (excluding diaryl/α,β-unsaturated/α-hetero) is 2. The zero-order chi connectivity index (χ0) is 15.1. The predicted molar refractivity (Wildman–Crippen MR) is 77.8 cm³/mol. The average Bonchev–Trinajstić information content (AvgIpc) is 2.88. The van der Waals surface area contributed by atoms with E-state index in [4.69, 9.17) is 9.47 Å². The summed E-state index contributed by atoms with van der Waals surface area (Å²) in [4.78, 5) is 24.7. The molecule has 1 saturated carbocycles. The Morgan fingerprint density at radius 2 is 1.76 bits per heavy atom. The predicted octanol–water partition coefficient (Wildman–Crippen LogP) is 2.95. The Balaban J connectivity index is 1.84. The monoisotopic (exact) mass is 292 g/mol. The van der Waals surface area contributed by atoms with Gasteiger partial charge in [-0.3, -0.25) is 9.59 Å². The average molecular weight is 292 g/mol. The fourth-order valence-electron chi connectivity index (χ4n) is 3.95. The van der Waals surface area contributed by atoms with Gasteiger partial charge in [-0.1, -0.05) is 5.57 Å². The largest absolute Gasteiger partial charge is 0.348 e. The van der Waals surface area contributed by atoms with Crippen molar-refractivity contribution in [2.45, 2.75) is 64.6 Å². The first-order valence-electron chi connectivity index (χ1n) is 8.02. The fraction of sp³-hybridized carbons (Fsp3) is 0.765. The van der Waals surface area contributed by atoms with Crippen LogP contribution in [0.25, 0.3) is 0 Å². The van der Waals surface area contributed by atoms with E-state index in [1.165, 1.54) is 0 Å². The Kier molecular flexibility index (Phi) is 3.78. The van der Waals surface area contributed by atoms with Crippen LogP contribution in [0.4, 0.5) is 0 Å². The van der Waals surface area contributed by atoms with Crippen LogP contribution in [0.1, 0.15) is 58.8 Å². The van der Waals surface area contributed by atoms with Gasteiger partial charge < -0.3 is 9.47 Å². The zero-order valence-electron chi connectivity index (χ0n) is 13.0. The maximum absolute atomic E-state index is 12.4. The number of hydrogen-bond donors (Lipinski definition) is 0. The van der Waals surface area contributed by atoms with E-state index in [0.29, 0.717) is 51.1 Å². The second-order valence-corrected chi connectivity index (χ2v) is 6.82. The number of hydrogen-bond acceptors (Lipinski definition) is 4. The molecule has 1 atom stereocenters. The maximum Gasteiger partial charge on any atom is 0.166 e. The summed E-state index contributed by atoms with van der Waals surface area (Å²) < 4.78 is 11.3. The first kappa shape index (κ1) is 14.9. The van der Waals surface area contributed by atoms with E-state index in [9.17, 15) is 9.59 Å². The van der Waals surface area contributed by atoms with Crippen LogP contribution in [0.5, 0.6) is 0 Å². The van der Waals surface area contributed by atoms with Gasteiger partial charge in [0, 0.05) is 24.7 Å². The molecule has 0 bridgehead atoms. The van der Waals surface area contributed by atoms with Crippen LogP contribution in [0.3, 0.4) is 0 Å². The highest BCUT2D eigenvalue weighted by molar-refractivity contribution is 6.01. The second kappa shape index (κ2) is 5.33. The van der Waals surface area contributed by atoms with E-state index in [0.717, 1.165) is 24.0 Å². The van der Waals surface area contributed by atoms with E-state index >= 15 is 0 Å². The number of carbonyl (C=O) groups is 2. The molecular formula is C17H24O4. The summed E-state index contributed by atoms with van der Waals surface area (Å²) in [6.07, 6.45) is 4.96. The van der Waals surface area contributed by atoms with Crippen molar-refractivity contribution in [3.63, 3.8) is 0 Å². The van der Waals surface area contributed by atoms with E-state index in [1.54, 1.807) is 0 Å². The molecule has 0 radical (unpaired) electrons. The van der Waals surface area contributed by atoms with Crippen molar-refractivity contribution in [2.75, 3.05) is 13.2 Å². The Labute approximate surface area is 125 Å². The Bertz CT molecular complexity index is 499. The summed E-state index contributed by atoms with van der Waals surface area (Å²) in [7, 11) is 0. The van der Waals surface area contributed by atoms with Crippen molar-refractivity contribution < 1.29 is 19.1 Å². The molecular weight excluding hydrogens is 268 g/mol. The Morgan fingerprint density at radius 1 is 1.05 bits per heavy atom. The minimum absolute atomic E-state index is 0.221. The van der Waals surface area contributed by atoms with Crippen LogP contribution in [0, 0.1) is 5.41 Å². The summed E-state index contributed by atoms with van der Waals surface area (Å²) in [6.45, 7) is 5.20. The third kappa shape index (κ3) is 2.59. The van der Waals surface area contributed by atoms with Crippen LogP contribution in [-0.2, 0) is 19.1 Å². The van der Waals surface area contributed by atoms with E-state index < -0.39 is 5.79 Å². The number of allylic oxidation sites excluding steroid dienone is 2. The molecule has 0 aromatic heterocycles. The van der Waals surface area contributed by atoms with Gasteiger partial charge in [-0.2, -0.15) is 0 Å². The molecule has 0 aromatic rings.